The van der Waals surface area contributed by atoms with E-state index in [1.54, 1.807) is 6.07 Å². The molecule has 1 heterocycles. The highest BCUT2D eigenvalue weighted by atomic mass is 19.1. The van der Waals surface area contributed by atoms with Gasteiger partial charge in [0.25, 0.3) is 0 Å². The van der Waals surface area contributed by atoms with E-state index in [1.165, 1.54) is 12.1 Å². The molecule has 0 aliphatic carbocycles. The van der Waals surface area contributed by atoms with Crippen LogP contribution in [-0.4, -0.2) is 5.60 Å². The van der Waals surface area contributed by atoms with Crippen LogP contribution < -0.4 is 4.74 Å². The summed E-state index contributed by atoms with van der Waals surface area (Å²) in [4.78, 5) is 0. The van der Waals surface area contributed by atoms with Crippen LogP contribution in [0.15, 0.2) is 18.2 Å². The van der Waals surface area contributed by atoms with Gasteiger partial charge in [-0.25, -0.2) is 4.39 Å². The normalized spacial score (nSPS) is 22.4. The summed E-state index contributed by atoms with van der Waals surface area (Å²) in [6, 6.07) is 6.53. The van der Waals surface area contributed by atoms with E-state index in [1.807, 2.05) is 13.8 Å². The third-order valence-electron chi connectivity index (χ3n) is 2.59. The van der Waals surface area contributed by atoms with Crippen LogP contribution in [0.2, 0.25) is 0 Å². The SMILES string of the molecule is CC1(C)CC(C#N)c2cc(F)ccc2O1. The summed E-state index contributed by atoms with van der Waals surface area (Å²) >= 11 is 0. The molecule has 1 aromatic carbocycles. The number of nitrogens with zero attached hydrogens (tertiary/aromatic N) is 1. The molecule has 0 saturated carbocycles. The lowest BCUT2D eigenvalue weighted by Gasteiger charge is -2.35. The Balaban J connectivity index is 2.50. The lowest BCUT2D eigenvalue weighted by Crippen LogP contribution is -2.34. The van der Waals surface area contributed by atoms with Crippen LogP contribution in [0.3, 0.4) is 0 Å². The van der Waals surface area contributed by atoms with E-state index >= 15 is 0 Å². The Hall–Kier alpha value is -1.56. The number of rotatable bonds is 0. The van der Waals surface area contributed by atoms with Crippen LogP contribution in [0.5, 0.6) is 5.75 Å². The van der Waals surface area contributed by atoms with Gasteiger partial charge in [0.1, 0.15) is 17.2 Å². The van der Waals surface area contributed by atoms with Crippen molar-refractivity contribution in [1.82, 2.24) is 0 Å². The molecule has 0 spiro atoms. The molecule has 78 valence electrons. The van der Waals surface area contributed by atoms with Gasteiger partial charge in [-0.05, 0) is 32.0 Å². The van der Waals surface area contributed by atoms with Gasteiger partial charge in [-0.2, -0.15) is 5.26 Å². The van der Waals surface area contributed by atoms with Gasteiger partial charge >= 0.3 is 0 Å². The Bertz CT molecular complexity index is 434. The van der Waals surface area contributed by atoms with Crippen molar-refractivity contribution in [2.45, 2.75) is 31.8 Å². The number of fused-ring (bicyclic) bond motifs is 1. The van der Waals surface area contributed by atoms with Crippen molar-refractivity contribution in [3.8, 4) is 11.8 Å². The highest BCUT2D eigenvalue weighted by molar-refractivity contribution is 5.42. The maximum Gasteiger partial charge on any atom is 0.124 e. The number of halogens is 1. The lowest BCUT2D eigenvalue weighted by molar-refractivity contribution is 0.0791. The molecular formula is C12H12FNO. The van der Waals surface area contributed by atoms with E-state index in [2.05, 4.69) is 6.07 Å². The Morgan fingerprint density at radius 2 is 2.27 bits per heavy atom. The topological polar surface area (TPSA) is 33.0 Å². The maximum atomic E-state index is 13.0. The molecule has 1 unspecified atom stereocenters. The van der Waals surface area contributed by atoms with Crippen molar-refractivity contribution in [1.29, 1.82) is 5.26 Å². The van der Waals surface area contributed by atoms with Gasteiger partial charge in [0, 0.05) is 12.0 Å². The highest BCUT2D eigenvalue weighted by Gasteiger charge is 2.33. The molecule has 2 rings (SSSR count). The molecule has 0 bridgehead atoms. The first-order valence-electron chi connectivity index (χ1n) is 4.90. The molecule has 2 nitrogen and oxygen atoms in total. The van der Waals surface area contributed by atoms with Crippen LogP contribution in [0.1, 0.15) is 31.7 Å². The number of ether oxygens (including phenoxy) is 1. The smallest absolute Gasteiger partial charge is 0.124 e. The number of hydrogen-bond donors (Lipinski definition) is 0. The second-order valence-corrected chi connectivity index (χ2v) is 4.43. The number of nitriles is 1. The fraction of sp³-hybridized carbons (Fsp3) is 0.417. The summed E-state index contributed by atoms with van der Waals surface area (Å²) in [6.07, 6.45) is 0.597. The first-order chi connectivity index (χ1) is 7.02. The molecule has 0 saturated heterocycles. The van der Waals surface area contributed by atoms with Crippen LogP contribution in [0.25, 0.3) is 0 Å². The molecular weight excluding hydrogens is 193 g/mol. The third kappa shape index (κ3) is 1.80. The van der Waals surface area contributed by atoms with E-state index < -0.39 is 0 Å². The van der Waals surface area contributed by atoms with Gasteiger partial charge in [0.2, 0.25) is 0 Å². The van der Waals surface area contributed by atoms with E-state index in [0.29, 0.717) is 17.7 Å². The van der Waals surface area contributed by atoms with E-state index in [9.17, 15) is 4.39 Å². The van der Waals surface area contributed by atoms with Gasteiger partial charge in [-0.15, -0.1) is 0 Å². The Morgan fingerprint density at radius 1 is 1.53 bits per heavy atom. The third-order valence-corrected chi connectivity index (χ3v) is 2.59. The molecule has 0 amide bonds. The largest absolute Gasteiger partial charge is 0.487 e. The molecule has 1 atom stereocenters. The van der Waals surface area contributed by atoms with Gasteiger partial charge in [0.15, 0.2) is 0 Å². The minimum Gasteiger partial charge on any atom is -0.487 e. The van der Waals surface area contributed by atoms with Crippen molar-refractivity contribution in [3.63, 3.8) is 0 Å². The fourth-order valence-corrected chi connectivity index (χ4v) is 1.94. The van der Waals surface area contributed by atoms with Crippen LogP contribution in [0, 0.1) is 17.1 Å². The Morgan fingerprint density at radius 3 is 2.93 bits per heavy atom. The molecule has 0 fully saturated rings. The fourth-order valence-electron chi connectivity index (χ4n) is 1.94. The summed E-state index contributed by atoms with van der Waals surface area (Å²) in [6.45, 7) is 3.87. The Kier molecular flexibility index (Phi) is 2.15. The van der Waals surface area contributed by atoms with Crippen molar-refractivity contribution >= 4 is 0 Å². The first-order valence-corrected chi connectivity index (χ1v) is 4.90. The second-order valence-electron chi connectivity index (χ2n) is 4.43. The standard InChI is InChI=1S/C12H12FNO/c1-12(2)6-8(7-14)10-5-9(13)3-4-11(10)15-12/h3-5,8H,6H2,1-2H3. The zero-order valence-electron chi connectivity index (χ0n) is 8.75. The van der Waals surface area contributed by atoms with Crippen molar-refractivity contribution in [3.05, 3.63) is 29.6 Å². The molecule has 0 aromatic heterocycles. The average molecular weight is 205 g/mol. The van der Waals surface area contributed by atoms with Gasteiger partial charge in [0.05, 0.1) is 12.0 Å². The highest BCUT2D eigenvalue weighted by Crippen LogP contribution is 2.40. The number of hydrogen-bond acceptors (Lipinski definition) is 2. The zero-order chi connectivity index (χ0) is 11.1. The monoisotopic (exact) mass is 205 g/mol. The summed E-state index contributed by atoms with van der Waals surface area (Å²) in [5.41, 5.74) is 0.308. The summed E-state index contributed by atoms with van der Waals surface area (Å²) in [5.74, 6) is 0.0240. The van der Waals surface area contributed by atoms with Crippen LogP contribution in [-0.2, 0) is 0 Å². The second kappa shape index (κ2) is 3.23. The molecule has 3 heteroatoms. The Labute approximate surface area is 88.3 Å². The minimum absolute atomic E-state index is 0.278. The summed E-state index contributed by atoms with van der Waals surface area (Å²) in [5, 5.41) is 9.03. The molecule has 1 aliphatic rings. The van der Waals surface area contributed by atoms with Crippen molar-refractivity contribution in [2.75, 3.05) is 0 Å². The minimum atomic E-state index is -0.356. The van der Waals surface area contributed by atoms with Crippen molar-refractivity contribution < 1.29 is 9.13 Å². The van der Waals surface area contributed by atoms with Gasteiger partial charge in [-0.3, -0.25) is 0 Å². The van der Waals surface area contributed by atoms with E-state index in [-0.39, 0.29) is 17.3 Å². The van der Waals surface area contributed by atoms with Gasteiger partial charge in [-0.1, -0.05) is 0 Å². The van der Waals surface area contributed by atoms with Crippen LogP contribution >= 0.6 is 0 Å². The predicted molar refractivity (Wildman–Crippen MR) is 54.1 cm³/mol. The summed E-state index contributed by atoms with van der Waals surface area (Å²) < 4.78 is 18.7. The summed E-state index contributed by atoms with van der Waals surface area (Å²) in [7, 11) is 0. The number of benzene rings is 1. The average Bonchev–Trinajstić information content (AvgIpc) is 2.16. The molecule has 0 radical (unpaired) electrons. The zero-order valence-corrected chi connectivity index (χ0v) is 8.75. The molecule has 0 N–H and O–H groups in total. The van der Waals surface area contributed by atoms with Gasteiger partial charge < -0.3 is 4.74 Å². The lowest BCUT2D eigenvalue weighted by atomic mass is 9.85. The van der Waals surface area contributed by atoms with E-state index in [4.69, 9.17) is 10.00 Å². The quantitative estimate of drug-likeness (QED) is 0.652. The van der Waals surface area contributed by atoms with Crippen molar-refractivity contribution in [2.24, 2.45) is 0 Å². The maximum absolute atomic E-state index is 13.0. The molecule has 1 aliphatic heterocycles. The molecule has 1 aromatic rings. The molecule has 15 heavy (non-hydrogen) atoms. The first kappa shape index (κ1) is 9.97. The predicted octanol–water partition coefficient (Wildman–Crippen LogP) is 2.99. The van der Waals surface area contributed by atoms with Crippen LogP contribution in [0.4, 0.5) is 4.39 Å². The van der Waals surface area contributed by atoms with E-state index in [0.717, 1.165) is 0 Å².